The Morgan fingerprint density at radius 3 is 2.46 bits per heavy atom. The number of rotatable bonds is 3. The summed E-state index contributed by atoms with van der Waals surface area (Å²) in [4.78, 5) is 22.2. The van der Waals surface area contributed by atoms with Gasteiger partial charge in [0.15, 0.2) is 0 Å². The lowest BCUT2D eigenvalue weighted by molar-refractivity contribution is -0.155. The highest BCUT2D eigenvalue weighted by molar-refractivity contribution is 14.1. The van der Waals surface area contributed by atoms with E-state index >= 15 is 0 Å². The van der Waals surface area contributed by atoms with Gasteiger partial charge >= 0.3 is 11.9 Å². The fourth-order valence-electron chi connectivity index (χ4n) is 0.489. The molecular formula is C8H10I2O3. The Morgan fingerprint density at radius 2 is 2.08 bits per heavy atom. The van der Waals surface area contributed by atoms with E-state index in [9.17, 15) is 9.59 Å². The fraction of sp³-hybridized carbons (Fsp3) is 0.500. The van der Waals surface area contributed by atoms with Crippen LogP contribution >= 0.6 is 45.2 Å². The molecule has 0 aliphatic rings. The maximum Gasteiger partial charge on any atom is 0.351 e. The lowest BCUT2D eigenvalue weighted by atomic mass is 10.3. The third-order valence-electron chi connectivity index (χ3n) is 1.26. The normalized spacial score (nSPS) is 13.7. The number of hydrogen-bond donors (Lipinski definition) is 0. The van der Waals surface area contributed by atoms with Crippen LogP contribution < -0.4 is 0 Å². The predicted molar refractivity (Wildman–Crippen MR) is 67.0 cm³/mol. The molecule has 3 nitrogen and oxygen atoms in total. The Kier molecular flexibility index (Phi) is 6.92. The van der Waals surface area contributed by atoms with Gasteiger partial charge in [0, 0.05) is 0 Å². The molecule has 0 aliphatic carbocycles. The molecule has 0 heterocycles. The summed E-state index contributed by atoms with van der Waals surface area (Å²) in [5.41, 5.74) is 0. The highest BCUT2D eigenvalue weighted by Gasteiger charge is 2.18. The first-order valence-electron chi connectivity index (χ1n) is 3.74. The Labute approximate surface area is 105 Å². The van der Waals surface area contributed by atoms with Crippen LogP contribution in [0.4, 0.5) is 0 Å². The molecular weight excluding hydrogens is 398 g/mol. The summed E-state index contributed by atoms with van der Waals surface area (Å²) in [6, 6.07) is 0. The van der Waals surface area contributed by atoms with Crippen molar-refractivity contribution >= 4 is 57.1 Å². The average Bonchev–Trinajstić information content (AvgIpc) is 2.14. The van der Waals surface area contributed by atoms with Gasteiger partial charge in [-0.3, -0.25) is 4.79 Å². The van der Waals surface area contributed by atoms with Crippen LogP contribution in [-0.2, 0) is 14.3 Å². The summed E-state index contributed by atoms with van der Waals surface area (Å²) in [6.45, 7) is 3.58. The number of halogens is 2. The SMILES string of the molecule is C/C=C(\I)C(=O)OC(=O)C(I)CC. The Bertz CT molecular complexity index is 236. The molecule has 0 aromatic heterocycles. The van der Waals surface area contributed by atoms with Crippen LogP contribution in [0.15, 0.2) is 9.66 Å². The second-order valence-corrected chi connectivity index (χ2v) is 4.89. The van der Waals surface area contributed by atoms with Crippen LogP contribution in [0.1, 0.15) is 20.3 Å². The number of hydrogen-bond acceptors (Lipinski definition) is 3. The number of ether oxygens (including phenoxy) is 1. The van der Waals surface area contributed by atoms with Crippen LogP contribution in [0.2, 0.25) is 0 Å². The minimum Gasteiger partial charge on any atom is -0.388 e. The maximum atomic E-state index is 11.1. The third kappa shape index (κ3) is 4.94. The lowest BCUT2D eigenvalue weighted by Crippen LogP contribution is -2.20. The summed E-state index contributed by atoms with van der Waals surface area (Å²) < 4.78 is 4.77. The van der Waals surface area contributed by atoms with Crippen LogP contribution in [-0.4, -0.2) is 15.9 Å². The van der Waals surface area contributed by atoms with Gasteiger partial charge in [-0.15, -0.1) is 0 Å². The standard InChI is InChI=1S/C8H10I2O3/c1-3-5(9)7(11)13-8(12)6(10)4-2/h3,6H,4H2,1-2H3/b5-3-. The van der Waals surface area contributed by atoms with Crippen molar-refractivity contribution in [2.45, 2.75) is 24.2 Å². The maximum absolute atomic E-state index is 11.1. The van der Waals surface area contributed by atoms with Gasteiger partial charge in [-0.25, -0.2) is 4.79 Å². The highest BCUT2D eigenvalue weighted by Crippen LogP contribution is 2.12. The smallest absolute Gasteiger partial charge is 0.351 e. The van der Waals surface area contributed by atoms with Crippen LogP contribution in [0.25, 0.3) is 0 Å². The first-order chi connectivity index (χ1) is 6.02. The van der Waals surface area contributed by atoms with Crippen LogP contribution in [0.3, 0.4) is 0 Å². The van der Waals surface area contributed by atoms with Crippen LogP contribution in [0.5, 0.6) is 0 Å². The molecule has 0 saturated carbocycles. The minimum absolute atomic E-state index is 0.248. The van der Waals surface area contributed by atoms with Gasteiger partial charge in [0.2, 0.25) is 0 Å². The Morgan fingerprint density at radius 1 is 1.54 bits per heavy atom. The summed E-state index contributed by atoms with van der Waals surface area (Å²) in [6.07, 6.45) is 2.27. The first-order valence-corrected chi connectivity index (χ1v) is 6.07. The number of alkyl halides is 1. The molecule has 0 aromatic rings. The van der Waals surface area contributed by atoms with Crippen molar-refractivity contribution in [1.29, 1.82) is 0 Å². The highest BCUT2D eigenvalue weighted by atomic mass is 127. The molecule has 0 bridgehead atoms. The molecule has 0 radical (unpaired) electrons. The quantitative estimate of drug-likeness (QED) is 0.237. The topological polar surface area (TPSA) is 43.4 Å². The van der Waals surface area contributed by atoms with Crippen molar-refractivity contribution in [1.82, 2.24) is 0 Å². The Balaban J connectivity index is 4.15. The fourth-order valence-corrected chi connectivity index (χ4v) is 0.726. The number of carbonyl (C=O) groups is 2. The second kappa shape index (κ2) is 6.74. The summed E-state index contributed by atoms with van der Waals surface area (Å²) in [7, 11) is 0. The van der Waals surface area contributed by atoms with Gasteiger partial charge in [0.05, 0.1) is 3.58 Å². The second-order valence-electron chi connectivity index (χ2n) is 2.22. The molecule has 0 amide bonds. The lowest BCUT2D eigenvalue weighted by Gasteiger charge is -2.05. The zero-order valence-corrected chi connectivity index (χ0v) is 11.7. The largest absolute Gasteiger partial charge is 0.388 e. The van der Waals surface area contributed by atoms with Gasteiger partial charge in [-0.1, -0.05) is 35.6 Å². The van der Waals surface area contributed by atoms with Gasteiger partial charge in [0.25, 0.3) is 0 Å². The molecule has 0 saturated heterocycles. The first kappa shape index (κ1) is 13.3. The molecule has 0 spiro atoms. The number of esters is 2. The van der Waals surface area contributed by atoms with Crippen molar-refractivity contribution in [3.8, 4) is 0 Å². The van der Waals surface area contributed by atoms with Gasteiger partial charge < -0.3 is 4.74 Å². The molecule has 0 aromatic carbocycles. The Hall–Kier alpha value is 0.340. The van der Waals surface area contributed by atoms with E-state index in [2.05, 4.69) is 4.74 Å². The van der Waals surface area contributed by atoms with E-state index in [1.807, 2.05) is 52.1 Å². The molecule has 5 heteroatoms. The summed E-state index contributed by atoms with van der Waals surface area (Å²) in [5, 5.41) is 0. The van der Waals surface area contributed by atoms with Crippen molar-refractivity contribution in [2.75, 3.05) is 0 Å². The molecule has 0 aliphatic heterocycles. The third-order valence-corrected chi connectivity index (χ3v) is 3.71. The van der Waals surface area contributed by atoms with E-state index in [-0.39, 0.29) is 3.92 Å². The van der Waals surface area contributed by atoms with E-state index in [1.165, 1.54) is 0 Å². The molecule has 1 unspecified atom stereocenters. The van der Waals surface area contributed by atoms with E-state index in [0.717, 1.165) is 0 Å². The predicted octanol–water partition coefficient (Wildman–Crippen LogP) is 2.61. The monoisotopic (exact) mass is 408 g/mol. The molecule has 0 rings (SSSR count). The van der Waals surface area contributed by atoms with Crippen molar-refractivity contribution < 1.29 is 14.3 Å². The van der Waals surface area contributed by atoms with E-state index in [0.29, 0.717) is 10.0 Å². The molecule has 1 atom stereocenters. The van der Waals surface area contributed by atoms with E-state index < -0.39 is 11.9 Å². The number of allylic oxidation sites excluding steroid dienone is 1. The zero-order chi connectivity index (χ0) is 10.4. The van der Waals surface area contributed by atoms with Crippen LogP contribution in [0, 0.1) is 0 Å². The van der Waals surface area contributed by atoms with E-state index in [1.54, 1.807) is 13.0 Å². The number of carbonyl (C=O) groups excluding carboxylic acids is 2. The zero-order valence-electron chi connectivity index (χ0n) is 7.34. The molecule has 13 heavy (non-hydrogen) atoms. The molecule has 0 N–H and O–H groups in total. The minimum atomic E-state index is -0.566. The van der Waals surface area contributed by atoms with Crippen molar-refractivity contribution in [3.05, 3.63) is 9.66 Å². The van der Waals surface area contributed by atoms with Crippen molar-refractivity contribution in [2.24, 2.45) is 0 Å². The summed E-state index contributed by atoms with van der Waals surface area (Å²) in [5.74, 6) is -1.03. The van der Waals surface area contributed by atoms with Gasteiger partial charge in [-0.05, 0) is 35.9 Å². The van der Waals surface area contributed by atoms with Crippen molar-refractivity contribution in [3.63, 3.8) is 0 Å². The molecule has 0 fully saturated rings. The van der Waals surface area contributed by atoms with E-state index in [4.69, 9.17) is 0 Å². The average molecular weight is 408 g/mol. The summed E-state index contributed by atoms with van der Waals surface area (Å²) >= 11 is 3.78. The van der Waals surface area contributed by atoms with Gasteiger partial charge in [-0.2, -0.15) is 0 Å². The molecule has 74 valence electrons. The van der Waals surface area contributed by atoms with Gasteiger partial charge in [0.1, 0.15) is 3.92 Å².